The smallest absolute Gasteiger partial charge is 0.0465 e. The number of benzene rings is 1. The first-order valence-electron chi connectivity index (χ1n) is 6.59. The zero-order valence-corrected chi connectivity index (χ0v) is 13.4. The molecular weight excluding hydrogens is 290 g/mol. The second kappa shape index (κ2) is 7.93. The van der Waals surface area contributed by atoms with Crippen LogP contribution in [0.25, 0.3) is 0 Å². The van der Waals surface area contributed by atoms with E-state index in [9.17, 15) is 0 Å². The van der Waals surface area contributed by atoms with Crippen LogP contribution in [0.1, 0.15) is 37.4 Å². The molecule has 2 unspecified atom stereocenters. The second-order valence-electron chi connectivity index (χ2n) is 4.75. The fourth-order valence-corrected chi connectivity index (χ4v) is 2.65. The highest BCUT2D eigenvalue weighted by Crippen LogP contribution is 2.30. The van der Waals surface area contributed by atoms with Crippen LogP contribution in [0.4, 0.5) is 0 Å². The van der Waals surface area contributed by atoms with E-state index in [1.54, 1.807) is 7.11 Å². The van der Waals surface area contributed by atoms with Crippen LogP contribution < -0.4 is 5.32 Å². The molecule has 2 atom stereocenters. The van der Waals surface area contributed by atoms with E-state index in [1.807, 2.05) is 0 Å². The van der Waals surface area contributed by atoms with Crippen LogP contribution in [0, 0.1) is 12.8 Å². The summed E-state index contributed by atoms with van der Waals surface area (Å²) >= 11 is 3.61. The van der Waals surface area contributed by atoms with E-state index in [2.05, 4.69) is 60.2 Å². The number of ether oxygens (including phenoxy) is 1. The number of halogens is 1. The predicted octanol–water partition coefficient (Wildman–Crippen LogP) is 4.08. The Morgan fingerprint density at radius 3 is 2.72 bits per heavy atom. The summed E-state index contributed by atoms with van der Waals surface area (Å²) in [6.45, 7) is 8.41. The van der Waals surface area contributed by atoms with Crippen LogP contribution in [-0.4, -0.2) is 20.3 Å². The van der Waals surface area contributed by atoms with E-state index < -0.39 is 0 Å². The van der Waals surface area contributed by atoms with Crippen LogP contribution in [-0.2, 0) is 4.74 Å². The number of rotatable bonds is 7. The molecule has 0 aliphatic carbocycles. The highest BCUT2D eigenvalue weighted by Gasteiger charge is 2.20. The summed E-state index contributed by atoms with van der Waals surface area (Å²) in [5.41, 5.74) is 2.71. The molecule has 2 nitrogen and oxygen atoms in total. The maximum Gasteiger partial charge on any atom is 0.0465 e. The molecule has 0 bridgehead atoms. The van der Waals surface area contributed by atoms with Gasteiger partial charge in [-0.2, -0.15) is 0 Å². The molecule has 0 aromatic heterocycles. The summed E-state index contributed by atoms with van der Waals surface area (Å²) in [5.74, 6) is 0.554. The normalized spacial score (nSPS) is 14.5. The Bertz CT molecular complexity index is 368. The molecule has 102 valence electrons. The largest absolute Gasteiger partial charge is 0.385 e. The van der Waals surface area contributed by atoms with E-state index in [1.165, 1.54) is 15.6 Å². The lowest BCUT2D eigenvalue weighted by Crippen LogP contribution is -2.28. The van der Waals surface area contributed by atoms with Gasteiger partial charge in [-0.15, -0.1) is 0 Å². The molecule has 0 radical (unpaired) electrons. The van der Waals surface area contributed by atoms with Crippen LogP contribution in [0.15, 0.2) is 22.7 Å². The molecule has 0 amide bonds. The molecule has 0 spiro atoms. The van der Waals surface area contributed by atoms with Gasteiger partial charge in [0.15, 0.2) is 0 Å². The minimum atomic E-state index is 0.391. The van der Waals surface area contributed by atoms with Crippen molar-refractivity contribution in [1.29, 1.82) is 0 Å². The van der Waals surface area contributed by atoms with Gasteiger partial charge in [0.05, 0.1) is 0 Å². The van der Waals surface area contributed by atoms with Crippen LogP contribution in [0.2, 0.25) is 0 Å². The molecule has 3 heteroatoms. The Kier molecular flexibility index (Phi) is 6.90. The molecule has 0 fully saturated rings. The lowest BCUT2D eigenvalue weighted by molar-refractivity contribution is 0.170. The van der Waals surface area contributed by atoms with Crippen molar-refractivity contribution in [2.45, 2.75) is 33.2 Å². The van der Waals surface area contributed by atoms with Gasteiger partial charge in [0.2, 0.25) is 0 Å². The zero-order chi connectivity index (χ0) is 13.5. The van der Waals surface area contributed by atoms with Gasteiger partial charge in [-0.3, -0.25) is 0 Å². The standard InChI is InChI=1S/C15H24BrNO/c1-5-17-15(11(2)9-10-18-4)13-7-6-8-14(16)12(13)3/h6-8,11,15,17H,5,9-10H2,1-4H3. The van der Waals surface area contributed by atoms with E-state index in [-0.39, 0.29) is 0 Å². The quantitative estimate of drug-likeness (QED) is 0.819. The molecule has 0 aliphatic rings. The second-order valence-corrected chi connectivity index (χ2v) is 5.60. The van der Waals surface area contributed by atoms with Crippen molar-refractivity contribution in [2.75, 3.05) is 20.3 Å². The van der Waals surface area contributed by atoms with Crippen LogP contribution in [0.5, 0.6) is 0 Å². The highest BCUT2D eigenvalue weighted by molar-refractivity contribution is 9.10. The van der Waals surface area contributed by atoms with Crippen molar-refractivity contribution in [2.24, 2.45) is 5.92 Å². The van der Waals surface area contributed by atoms with Crippen LogP contribution in [0.3, 0.4) is 0 Å². The maximum atomic E-state index is 5.19. The van der Waals surface area contributed by atoms with Gasteiger partial charge in [0.1, 0.15) is 0 Å². The first-order valence-corrected chi connectivity index (χ1v) is 7.38. The Hall–Kier alpha value is -0.380. The molecule has 0 saturated carbocycles. The van der Waals surface area contributed by atoms with E-state index >= 15 is 0 Å². The lowest BCUT2D eigenvalue weighted by Gasteiger charge is -2.27. The minimum Gasteiger partial charge on any atom is -0.385 e. The Labute approximate surface area is 119 Å². The van der Waals surface area contributed by atoms with Crippen molar-refractivity contribution in [3.8, 4) is 0 Å². The zero-order valence-electron chi connectivity index (χ0n) is 11.8. The molecule has 0 saturated heterocycles. The van der Waals surface area contributed by atoms with E-state index in [4.69, 9.17) is 4.74 Å². The summed E-state index contributed by atoms with van der Waals surface area (Å²) < 4.78 is 6.38. The van der Waals surface area contributed by atoms with Gasteiger partial charge < -0.3 is 10.1 Å². The van der Waals surface area contributed by atoms with Gasteiger partial charge in [-0.25, -0.2) is 0 Å². The number of hydrogen-bond donors (Lipinski definition) is 1. The monoisotopic (exact) mass is 313 g/mol. The Morgan fingerprint density at radius 1 is 1.39 bits per heavy atom. The van der Waals surface area contributed by atoms with Crippen molar-refractivity contribution in [3.63, 3.8) is 0 Å². The van der Waals surface area contributed by atoms with E-state index in [0.717, 1.165) is 19.6 Å². The third-order valence-electron chi connectivity index (χ3n) is 3.42. The summed E-state index contributed by atoms with van der Waals surface area (Å²) in [6, 6.07) is 6.82. The number of methoxy groups -OCH3 is 1. The van der Waals surface area contributed by atoms with Gasteiger partial charge in [-0.05, 0) is 43.0 Å². The molecule has 1 rings (SSSR count). The molecule has 1 aromatic rings. The molecule has 1 N–H and O–H groups in total. The van der Waals surface area contributed by atoms with Gasteiger partial charge >= 0.3 is 0 Å². The van der Waals surface area contributed by atoms with Crippen molar-refractivity contribution >= 4 is 15.9 Å². The lowest BCUT2D eigenvalue weighted by atomic mass is 9.89. The van der Waals surface area contributed by atoms with Gasteiger partial charge in [0.25, 0.3) is 0 Å². The van der Waals surface area contributed by atoms with Crippen molar-refractivity contribution in [3.05, 3.63) is 33.8 Å². The molecule has 1 aromatic carbocycles. The van der Waals surface area contributed by atoms with Crippen LogP contribution >= 0.6 is 15.9 Å². The first-order chi connectivity index (χ1) is 8.61. The summed E-state index contributed by atoms with van der Waals surface area (Å²) in [4.78, 5) is 0. The Balaban J connectivity index is 2.92. The average molecular weight is 314 g/mol. The van der Waals surface area contributed by atoms with Gasteiger partial charge in [-0.1, -0.05) is 41.9 Å². The topological polar surface area (TPSA) is 21.3 Å². The van der Waals surface area contributed by atoms with Crippen molar-refractivity contribution in [1.82, 2.24) is 5.32 Å². The minimum absolute atomic E-state index is 0.391. The molecule has 18 heavy (non-hydrogen) atoms. The Morgan fingerprint density at radius 2 is 2.11 bits per heavy atom. The molecular formula is C15H24BrNO. The molecule has 0 heterocycles. The highest BCUT2D eigenvalue weighted by atomic mass is 79.9. The maximum absolute atomic E-state index is 5.19. The summed E-state index contributed by atoms with van der Waals surface area (Å²) in [6.07, 6.45) is 1.07. The van der Waals surface area contributed by atoms with E-state index in [0.29, 0.717) is 12.0 Å². The SMILES string of the molecule is CCNC(c1cccc(Br)c1C)C(C)CCOC. The van der Waals surface area contributed by atoms with Gasteiger partial charge in [0, 0.05) is 24.2 Å². The third-order valence-corrected chi connectivity index (χ3v) is 4.27. The average Bonchev–Trinajstić information content (AvgIpc) is 2.37. The number of hydrogen-bond acceptors (Lipinski definition) is 2. The summed E-state index contributed by atoms with van der Waals surface area (Å²) in [5, 5.41) is 3.60. The molecule has 0 aliphatic heterocycles. The fraction of sp³-hybridized carbons (Fsp3) is 0.600. The predicted molar refractivity (Wildman–Crippen MR) is 81.0 cm³/mol. The number of nitrogens with one attached hydrogen (secondary N) is 1. The first kappa shape index (κ1) is 15.7. The van der Waals surface area contributed by atoms with Crippen molar-refractivity contribution < 1.29 is 4.74 Å². The fourth-order valence-electron chi connectivity index (χ4n) is 2.27. The third kappa shape index (κ3) is 4.08. The summed E-state index contributed by atoms with van der Waals surface area (Å²) in [7, 11) is 1.76.